The number of aryl methyl sites for hydroxylation is 3. The third-order valence-corrected chi connectivity index (χ3v) is 4.99. The number of nitrogens with zero attached hydrogens (tertiary/aromatic N) is 2. The van der Waals surface area contributed by atoms with Crippen molar-refractivity contribution in [1.29, 1.82) is 0 Å². The van der Waals surface area contributed by atoms with E-state index in [-0.39, 0.29) is 22.9 Å². The van der Waals surface area contributed by atoms with E-state index in [1.54, 1.807) is 19.9 Å². The van der Waals surface area contributed by atoms with E-state index in [1.165, 1.54) is 25.3 Å². The summed E-state index contributed by atoms with van der Waals surface area (Å²) in [6.45, 7) is 4.67. The summed E-state index contributed by atoms with van der Waals surface area (Å²) in [6.07, 6.45) is -6.99. The third-order valence-electron chi connectivity index (χ3n) is 4.99. The van der Waals surface area contributed by atoms with Gasteiger partial charge in [-0.15, -0.1) is 8.78 Å². The Morgan fingerprint density at radius 3 is 2.42 bits per heavy atom. The average Bonchev–Trinajstić information content (AvgIpc) is 3.25. The number of hydrogen-bond donors (Lipinski definition) is 1. The van der Waals surface area contributed by atoms with E-state index in [0.29, 0.717) is 28.8 Å². The molecule has 0 spiro atoms. The number of ether oxygens (including phenoxy) is 2. The monoisotopic (exact) mass is 469 g/mol. The molecule has 7 nitrogen and oxygen atoms in total. The minimum absolute atomic E-state index is 0.106. The molecule has 0 fully saturated rings. The van der Waals surface area contributed by atoms with Crippen LogP contribution in [-0.2, 0) is 12.6 Å². The molecule has 1 aromatic carbocycles. The smallest absolute Gasteiger partial charge is 0.395 e. The number of pyridine rings is 1. The van der Waals surface area contributed by atoms with Crippen LogP contribution in [0.25, 0.3) is 11.3 Å². The summed E-state index contributed by atoms with van der Waals surface area (Å²) in [7, 11) is 0. The fourth-order valence-electron chi connectivity index (χ4n) is 3.44. The van der Waals surface area contributed by atoms with Crippen molar-refractivity contribution >= 4 is 11.6 Å². The van der Waals surface area contributed by atoms with Gasteiger partial charge in [-0.2, -0.15) is 13.2 Å². The van der Waals surface area contributed by atoms with Gasteiger partial charge in [0.2, 0.25) is 0 Å². The third kappa shape index (κ3) is 4.20. The van der Waals surface area contributed by atoms with Gasteiger partial charge in [0.15, 0.2) is 11.5 Å². The normalized spacial score (nSPS) is 14.4. The molecule has 1 aliphatic rings. The van der Waals surface area contributed by atoms with Gasteiger partial charge in [-0.1, -0.05) is 12.1 Å². The van der Waals surface area contributed by atoms with Gasteiger partial charge >= 0.3 is 12.5 Å². The zero-order chi connectivity index (χ0) is 24.1. The van der Waals surface area contributed by atoms with E-state index in [1.807, 2.05) is 0 Å². The minimum atomic E-state index is -4.89. The van der Waals surface area contributed by atoms with Gasteiger partial charge in [0.05, 0.1) is 23.3 Å². The topological polar surface area (TPSA) is 86.5 Å². The van der Waals surface area contributed by atoms with Crippen LogP contribution in [0.4, 0.5) is 27.6 Å². The van der Waals surface area contributed by atoms with Crippen molar-refractivity contribution in [3.05, 3.63) is 52.5 Å². The van der Waals surface area contributed by atoms with Crippen LogP contribution >= 0.6 is 0 Å². The Hall–Kier alpha value is -3.70. The Kier molecular flexibility index (Phi) is 5.26. The Morgan fingerprint density at radius 2 is 1.79 bits per heavy atom. The van der Waals surface area contributed by atoms with Crippen molar-refractivity contribution in [3.8, 4) is 22.8 Å². The molecule has 12 heteroatoms. The SMILES string of the molecule is CCc1cc(-c2cc3c(cc2C)OC(F)(F)O3)ncc1NC(=O)c1c(C)noc1C(F)(F)F. The summed E-state index contributed by atoms with van der Waals surface area (Å²) < 4.78 is 79.3. The molecule has 3 heterocycles. The number of amides is 1. The van der Waals surface area contributed by atoms with Crippen LogP contribution in [-0.4, -0.2) is 22.3 Å². The molecule has 4 rings (SSSR count). The number of halogens is 5. The first-order valence-corrected chi connectivity index (χ1v) is 9.64. The summed E-state index contributed by atoms with van der Waals surface area (Å²) in [5.74, 6) is -2.80. The molecular weight excluding hydrogens is 453 g/mol. The molecule has 0 aliphatic carbocycles. The second-order valence-electron chi connectivity index (χ2n) is 7.29. The average molecular weight is 469 g/mol. The molecule has 3 aromatic rings. The largest absolute Gasteiger partial charge is 0.586 e. The highest BCUT2D eigenvalue weighted by molar-refractivity contribution is 6.06. The van der Waals surface area contributed by atoms with Crippen LogP contribution in [0.2, 0.25) is 0 Å². The highest BCUT2D eigenvalue weighted by Crippen LogP contribution is 2.44. The minimum Gasteiger partial charge on any atom is -0.395 e. The summed E-state index contributed by atoms with van der Waals surface area (Å²) in [6, 6.07) is 4.35. The number of nitrogens with one attached hydrogen (secondary N) is 1. The molecule has 0 bridgehead atoms. The van der Waals surface area contributed by atoms with Crippen LogP contribution in [0.1, 0.15) is 39.9 Å². The quantitative estimate of drug-likeness (QED) is 0.508. The molecule has 0 atom stereocenters. The standard InChI is InChI=1S/C21H16F5N3O4/c1-4-11-6-13(12-7-16-15(5-9(12)2)31-21(25,26)32-16)27-8-14(11)28-19(30)17-10(3)29-33-18(17)20(22,23)24/h5-8H,4H2,1-3H3,(H,28,30). The number of hydrogen-bond acceptors (Lipinski definition) is 6. The number of carbonyl (C=O) groups excluding carboxylic acids is 1. The van der Waals surface area contributed by atoms with E-state index in [4.69, 9.17) is 0 Å². The van der Waals surface area contributed by atoms with Gasteiger partial charge in [0.25, 0.3) is 11.7 Å². The van der Waals surface area contributed by atoms with Crippen molar-refractivity contribution < 1.29 is 40.7 Å². The molecule has 0 saturated carbocycles. The van der Waals surface area contributed by atoms with E-state index in [9.17, 15) is 26.7 Å². The maximum Gasteiger partial charge on any atom is 0.586 e. The van der Waals surface area contributed by atoms with Crippen molar-refractivity contribution in [2.24, 2.45) is 0 Å². The Morgan fingerprint density at radius 1 is 1.12 bits per heavy atom. The molecule has 174 valence electrons. The highest BCUT2D eigenvalue weighted by atomic mass is 19.4. The lowest BCUT2D eigenvalue weighted by atomic mass is 10.0. The van der Waals surface area contributed by atoms with Gasteiger partial charge in [-0.3, -0.25) is 9.78 Å². The van der Waals surface area contributed by atoms with Gasteiger partial charge < -0.3 is 19.3 Å². The fraction of sp³-hybridized carbons (Fsp3) is 0.286. The molecular formula is C21H16F5N3O4. The van der Waals surface area contributed by atoms with Crippen LogP contribution in [0.15, 0.2) is 28.9 Å². The first-order valence-electron chi connectivity index (χ1n) is 9.64. The fourth-order valence-corrected chi connectivity index (χ4v) is 3.44. The summed E-state index contributed by atoms with van der Waals surface area (Å²) in [5.41, 5.74) is 1.26. The van der Waals surface area contributed by atoms with Crippen molar-refractivity contribution in [1.82, 2.24) is 10.1 Å². The lowest BCUT2D eigenvalue weighted by molar-refractivity contribution is -0.286. The van der Waals surface area contributed by atoms with Crippen molar-refractivity contribution in [2.75, 3.05) is 5.32 Å². The number of fused-ring (bicyclic) bond motifs is 1. The van der Waals surface area contributed by atoms with Crippen molar-refractivity contribution in [2.45, 2.75) is 39.7 Å². The molecule has 1 N–H and O–H groups in total. The van der Waals surface area contributed by atoms with Crippen molar-refractivity contribution in [3.63, 3.8) is 0 Å². The second kappa shape index (κ2) is 7.71. The van der Waals surface area contributed by atoms with E-state index < -0.39 is 29.7 Å². The first-order chi connectivity index (χ1) is 15.4. The molecule has 0 unspecified atom stereocenters. The number of aromatic nitrogens is 2. The Balaban J connectivity index is 1.66. The van der Waals surface area contributed by atoms with E-state index in [2.05, 4.69) is 29.5 Å². The van der Waals surface area contributed by atoms with Gasteiger partial charge in [-0.05, 0) is 49.6 Å². The molecule has 0 saturated heterocycles. The molecule has 0 radical (unpaired) electrons. The van der Waals surface area contributed by atoms with Gasteiger partial charge in [0, 0.05) is 5.56 Å². The zero-order valence-electron chi connectivity index (χ0n) is 17.4. The number of rotatable bonds is 4. The number of carbonyl (C=O) groups is 1. The number of anilines is 1. The molecule has 33 heavy (non-hydrogen) atoms. The first kappa shape index (κ1) is 22.5. The van der Waals surface area contributed by atoms with Crippen LogP contribution < -0.4 is 14.8 Å². The van der Waals surface area contributed by atoms with E-state index in [0.717, 1.165) is 0 Å². The Labute approximate surface area is 183 Å². The number of alkyl halides is 5. The molecule has 1 aliphatic heterocycles. The maximum atomic E-state index is 13.4. The van der Waals surface area contributed by atoms with Gasteiger partial charge in [0.1, 0.15) is 5.56 Å². The van der Waals surface area contributed by atoms with Crippen LogP contribution in [0, 0.1) is 13.8 Å². The summed E-state index contributed by atoms with van der Waals surface area (Å²) in [4.78, 5) is 16.8. The second-order valence-corrected chi connectivity index (χ2v) is 7.29. The Bertz CT molecular complexity index is 1250. The predicted octanol–water partition coefficient (Wildman–Crippen LogP) is 5.51. The maximum absolute atomic E-state index is 13.4. The van der Waals surface area contributed by atoms with Crippen LogP contribution in [0.5, 0.6) is 11.5 Å². The van der Waals surface area contributed by atoms with Gasteiger partial charge in [-0.25, -0.2) is 0 Å². The lowest BCUT2D eigenvalue weighted by Gasteiger charge is -2.13. The van der Waals surface area contributed by atoms with Crippen LogP contribution in [0.3, 0.4) is 0 Å². The van der Waals surface area contributed by atoms with E-state index >= 15 is 0 Å². The summed E-state index contributed by atoms with van der Waals surface area (Å²) in [5, 5.41) is 5.66. The predicted molar refractivity (Wildman–Crippen MR) is 104 cm³/mol. The lowest BCUT2D eigenvalue weighted by Crippen LogP contribution is -2.25. The molecule has 1 amide bonds. The summed E-state index contributed by atoms with van der Waals surface area (Å²) >= 11 is 0. The zero-order valence-corrected chi connectivity index (χ0v) is 17.4. The number of benzene rings is 1. The highest BCUT2D eigenvalue weighted by Gasteiger charge is 2.44. The molecule has 2 aromatic heterocycles.